The Labute approximate surface area is 115 Å². The first-order valence-corrected chi connectivity index (χ1v) is 7.48. The fourth-order valence-electron chi connectivity index (χ4n) is 2.85. The minimum Gasteiger partial charge on any atom is -0.504 e. The van der Waals surface area contributed by atoms with Gasteiger partial charge >= 0.3 is 0 Å². The van der Waals surface area contributed by atoms with Crippen LogP contribution in [0.3, 0.4) is 0 Å². The van der Waals surface area contributed by atoms with Crippen molar-refractivity contribution in [3.05, 3.63) is 23.3 Å². The second-order valence-electron chi connectivity index (χ2n) is 5.53. The third-order valence-corrected chi connectivity index (χ3v) is 4.03. The smallest absolute Gasteiger partial charge is 0.160 e. The van der Waals surface area contributed by atoms with Gasteiger partial charge in [0.15, 0.2) is 11.5 Å². The van der Waals surface area contributed by atoms with Gasteiger partial charge < -0.3 is 15.5 Å². The molecule has 0 saturated heterocycles. The van der Waals surface area contributed by atoms with Crippen LogP contribution in [0.2, 0.25) is 0 Å². The molecular weight excluding hydrogens is 238 g/mol. The van der Waals surface area contributed by atoms with Crippen molar-refractivity contribution in [1.29, 1.82) is 0 Å². The Bertz CT molecular complexity index is 417. The van der Waals surface area contributed by atoms with Crippen LogP contribution in [0.15, 0.2) is 12.1 Å². The minimum absolute atomic E-state index is 0.00437. The molecule has 106 valence electrons. The lowest BCUT2D eigenvalue weighted by Gasteiger charge is -2.26. The summed E-state index contributed by atoms with van der Waals surface area (Å²) in [5, 5.41) is 22.9. The molecule has 1 aromatic rings. The lowest BCUT2D eigenvalue weighted by molar-refractivity contribution is 0.387. The van der Waals surface area contributed by atoms with Crippen molar-refractivity contribution in [1.82, 2.24) is 5.32 Å². The van der Waals surface area contributed by atoms with Crippen LogP contribution < -0.4 is 5.32 Å². The molecule has 19 heavy (non-hydrogen) atoms. The first-order valence-electron chi connectivity index (χ1n) is 7.48. The number of unbranched alkanes of at least 4 members (excludes halogenated alkanes) is 3. The number of phenols is 2. The molecule has 0 amide bonds. The molecule has 1 aliphatic rings. The Morgan fingerprint density at radius 3 is 2.84 bits per heavy atom. The molecule has 3 nitrogen and oxygen atoms in total. The SMILES string of the molecule is CCCCCCNC1CCc2c(ccc(O)c2O)C1. The largest absolute Gasteiger partial charge is 0.504 e. The molecule has 1 aromatic carbocycles. The van der Waals surface area contributed by atoms with Gasteiger partial charge in [-0.25, -0.2) is 0 Å². The topological polar surface area (TPSA) is 52.5 Å². The summed E-state index contributed by atoms with van der Waals surface area (Å²) in [6.45, 7) is 3.32. The second-order valence-corrected chi connectivity index (χ2v) is 5.53. The van der Waals surface area contributed by atoms with Gasteiger partial charge in [0.25, 0.3) is 0 Å². The van der Waals surface area contributed by atoms with Gasteiger partial charge in [-0.05, 0) is 43.9 Å². The highest BCUT2D eigenvalue weighted by molar-refractivity contribution is 5.50. The lowest BCUT2D eigenvalue weighted by atomic mass is 9.87. The van der Waals surface area contributed by atoms with E-state index < -0.39 is 0 Å². The van der Waals surface area contributed by atoms with E-state index >= 15 is 0 Å². The van der Waals surface area contributed by atoms with Crippen LogP contribution in [0.4, 0.5) is 0 Å². The van der Waals surface area contributed by atoms with Crippen LogP contribution in [0.25, 0.3) is 0 Å². The van der Waals surface area contributed by atoms with E-state index in [-0.39, 0.29) is 11.5 Å². The van der Waals surface area contributed by atoms with Crippen molar-refractivity contribution in [2.24, 2.45) is 0 Å². The monoisotopic (exact) mass is 263 g/mol. The Kier molecular flexibility index (Phi) is 5.08. The van der Waals surface area contributed by atoms with Crippen LogP contribution in [0, 0.1) is 0 Å². The molecule has 0 fully saturated rings. The molecule has 1 aliphatic carbocycles. The van der Waals surface area contributed by atoms with Gasteiger partial charge in [-0.3, -0.25) is 0 Å². The standard InChI is InChI=1S/C16H25NO2/c1-2-3-4-5-10-17-13-7-8-14-12(11-13)6-9-15(18)16(14)19/h6,9,13,17-19H,2-5,7-8,10-11H2,1H3. The maximum Gasteiger partial charge on any atom is 0.160 e. The van der Waals surface area contributed by atoms with Crippen molar-refractivity contribution in [3.63, 3.8) is 0 Å². The molecule has 0 heterocycles. The number of rotatable bonds is 6. The highest BCUT2D eigenvalue weighted by atomic mass is 16.3. The first-order chi connectivity index (χ1) is 9.22. The fraction of sp³-hybridized carbons (Fsp3) is 0.625. The zero-order valence-electron chi connectivity index (χ0n) is 11.8. The van der Waals surface area contributed by atoms with Crippen molar-refractivity contribution in [3.8, 4) is 11.5 Å². The number of aromatic hydroxyl groups is 2. The molecular formula is C16H25NO2. The number of phenolic OH excluding ortho intramolecular Hbond substituents is 2. The molecule has 0 aromatic heterocycles. The van der Waals surface area contributed by atoms with Gasteiger partial charge in [0.05, 0.1) is 0 Å². The molecule has 1 atom stereocenters. The number of fused-ring (bicyclic) bond motifs is 1. The van der Waals surface area contributed by atoms with Crippen LogP contribution in [-0.2, 0) is 12.8 Å². The predicted molar refractivity (Wildman–Crippen MR) is 77.7 cm³/mol. The van der Waals surface area contributed by atoms with Gasteiger partial charge in [-0.1, -0.05) is 32.3 Å². The zero-order chi connectivity index (χ0) is 13.7. The average Bonchev–Trinajstić information content (AvgIpc) is 2.43. The highest BCUT2D eigenvalue weighted by Gasteiger charge is 2.21. The number of benzene rings is 1. The summed E-state index contributed by atoms with van der Waals surface area (Å²) in [6.07, 6.45) is 8.00. The Morgan fingerprint density at radius 2 is 2.05 bits per heavy atom. The molecule has 3 N–H and O–H groups in total. The molecule has 3 heteroatoms. The summed E-state index contributed by atoms with van der Waals surface area (Å²) in [4.78, 5) is 0. The van der Waals surface area contributed by atoms with Crippen molar-refractivity contribution < 1.29 is 10.2 Å². The van der Waals surface area contributed by atoms with Crippen LogP contribution in [0.1, 0.15) is 50.2 Å². The predicted octanol–water partition coefficient (Wildman–Crippen LogP) is 3.13. The number of hydrogen-bond acceptors (Lipinski definition) is 3. The van der Waals surface area contributed by atoms with E-state index in [2.05, 4.69) is 12.2 Å². The summed E-state index contributed by atoms with van der Waals surface area (Å²) >= 11 is 0. The number of nitrogens with one attached hydrogen (secondary N) is 1. The molecule has 0 spiro atoms. The Balaban J connectivity index is 1.83. The maximum absolute atomic E-state index is 9.83. The second kappa shape index (κ2) is 6.80. The first kappa shape index (κ1) is 14.2. The van der Waals surface area contributed by atoms with E-state index in [1.165, 1.54) is 31.2 Å². The highest BCUT2D eigenvalue weighted by Crippen LogP contribution is 2.35. The van der Waals surface area contributed by atoms with Gasteiger partial charge in [-0.15, -0.1) is 0 Å². The van der Waals surface area contributed by atoms with Crippen LogP contribution in [0.5, 0.6) is 11.5 Å². The van der Waals surface area contributed by atoms with Crippen LogP contribution in [-0.4, -0.2) is 22.8 Å². The van der Waals surface area contributed by atoms with Crippen LogP contribution >= 0.6 is 0 Å². The summed E-state index contributed by atoms with van der Waals surface area (Å²) in [7, 11) is 0. The minimum atomic E-state index is 0.00437. The van der Waals surface area contributed by atoms with E-state index in [9.17, 15) is 10.2 Å². The van der Waals surface area contributed by atoms with Gasteiger partial charge in [0.2, 0.25) is 0 Å². The summed E-state index contributed by atoms with van der Waals surface area (Å²) in [6, 6.07) is 4.05. The normalized spacial score (nSPS) is 18.3. The van der Waals surface area contributed by atoms with E-state index in [1.807, 2.05) is 6.07 Å². The van der Waals surface area contributed by atoms with Crippen molar-refractivity contribution in [2.45, 2.75) is 57.9 Å². The lowest BCUT2D eigenvalue weighted by Crippen LogP contribution is -2.35. The van der Waals surface area contributed by atoms with Crippen molar-refractivity contribution in [2.75, 3.05) is 6.54 Å². The van der Waals surface area contributed by atoms with E-state index in [0.717, 1.165) is 31.4 Å². The van der Waals surface area contributed by atoms with E-state index in [4.69, 9.17) is 0 Å². The van der Waals surface area contributed by atoms with E-state index in [1.54, 1.807) is 6.07 Å². The summed E-state index contributed by atoms with van der Waals surface area (Å²) in [5.41, 5.74) is 2.11. The van der Waals surface area contributed by atoms with Gasteiger partial charge in [-0.2, -0.15) is 0 Å². The molecule has 0 bridgehead atoms. The van der Waals surface area contributed by atoms with Crippen molar-refractivity contribution >= 4 is 0 Å². The third-order valence-electron chi connectivity index (χ3n) is 4.03. The fourth-order valence-corrected chi connectivity index (χ4v) is 2.85. The maximum atomic E-state index is 9.83. The quantitative estimate of drug-likeness (QED) is 0.546. The molecule has 0 saturated carbocycles. The molecule has 2 rings (SSSR count). The summed E-state index contributed by atoms with van der Waals surface area (Å²) in [5.74, 6) is 0.0867. The molecule has 0 radical (unpaired) electrons. The average molecular weight is 263 g/mol. The summed E-state index contributed by atoms with van der Waals surface area (Å²) < 4.78 is 0. The van der Waals surface area contributed by atoms with Gasteiger partial charge in [0.1, 0.15) is 0 Å². The Morgan fingerprint density at radius 1 is 1.21 bits per heavy atom. The van der Waals surface area contributed by atoms with Gasteiger partial charge in [0, 0.05) is 11.6 Å². The van der Waals surface area contributed by atoms with E-state index in [0.29, 0.717) is 6.04 Å². The zero-order valence-corrected chi connectivity index (χ0v) is 11.8. The number of hydrogen-bond donors (Lipinski definition) is 3. The molecule has 1 unspecified atom stereocenters. The third kappa shape index (κ3) is 3.63. The Hall–Kier alpha value is -1.22. The molecule has 0 aliphatic heterocycles.